The maximum atomic E-state index is 12.3. The van der Waals surface area contributed by atoms with Gasteiger partial charge in [-0.15, -0.1) is 0 Å². The van der Waals surface area contributed by atoms with Gasteiger partial charge >= 0.3 is 0 Å². The predicted molar refractivity (Wildman–Crippen MR) is 102 cm³/mol. The molecular weight excluding hydrogens is 326 g/mol. The maximum Gasteiger partial charge on any atom is 0.234 e. The van der Waals surface area contributed by atoms with Crippen molar-refractivity contribution in [3.05, 3.63) is 30.2 Å². The Kier molecular flexibility index (Phi) is 5.25. The van der Waals surface area contributed by atoms with Crippen LogP contribution in [-0.2, 0) is 4.79 Å². The average Bonchev–Trinajstić information content (AvgIpc) is 3.08. The Balaban J connectivity index is 1.25. The van der Waals surface area contributed by atoms with E-state index in [1.165, 1.54) is 12.8 Å². The van der Waals surface area contributed by atoms with E-state index in [4.69, 9.17) is 4.42 Å². The van der Waals surface area contributed by atoms with Crippen molar-refractivity contribution >= 4 is 17.0 Å². The number of nitrogens with one attached hydrogen (secondary N) is 1. The van der Waals surface area contributed by atoms with Gasteiger partial charge in [0, 0.05) is 12.0 Å². The highest BCUT2D eigenvalue weighted by atomic mass is 16.3. The van der Waals surface area contributed by atoms with Crippen LogP contribution in [0, 0.1) is 5.92 Å². The number of rotatable bonds is 4. The van der Waals surface area contributed by atoms with E-state index in [0.717, 1.165) is 61.7 Å². The fourth-order valence-corrected chi connectivity index (χ4v) is 4.28. The zero-order valence-corrected chi connectivity index (χ0v) is 15.6. The summed E-state index contributed by atoms with van der Waals surface area (Å²) in [5.41, 5.74) is 1.80. The molecular formula is C21H29N3O2. The molecule has 1 aliphatic heterocycles. The van der Waals surface area contributed by atoms with Gasteiger partial charge in [-0.1, -0.05) is 19.1 Å². The van der Waals surface area contributed by atoms with Crippen molar-refractivity contribution < 1.29 is 9.21 Å². The molecule has 0 atom stereocenters. The van der Waals surface area contributed by atoms with Crippen LogP contribution in [0.3, 0.4) is 0 Å². The number of amides is 1. The fraction of sp³-hybridized carbons (Fsp3) is 0.619. The first-order valence-corrected chi connectivity index (χ1v) is 10.0. The lowest BCUT2D eigenvalue weighted by Crippen LogP contribution is -2.45. The minimum atomic E-state index is 0.185. The van der Waals surface area contributed by atoms with Gasteiger partial charge in [0.15, 0.2) is 11.5 Å². The molecule has 1 saturated carbocycles. The molecule has 1 aromatic heterocycles. The molecule has 1 aliphatic carbocycles. The minimum absolute atomic E-state index is 0.185. The first-order valence-electron chi connectivity index (χ1n) is 10.0. The first-order chi connectivity index (χ1) is 12.7. The van der Waals surface area contributed by atoms with Crippen molar-refractivity contribution in [1.82, 2.24) is 15.2 Å². The molecule has 0 bridgehead atoms. The number of para-hydroxylation sites is 2. The topological polar surface area (TPSA) is 58.4 Å². The van der Waals surface area contributed by atoms with Crippen LogP contribution < -0.4 is 5.32 Å². The molecule has 4 rings (SSSR count). The molecule has 140 valence electrons. The van der Waals surface area contributed by atoms with Gasteiger partial charge in [0.25, 0.3) is 0 Å². The molecule has 2 heterocycles. The number of carbonyl (C=O) groups excluding carboxylic acids is 1. The quantitative estimate of drug-likeness (QED) is 0.908. The highest BCUT2D eigenvalue weighted by molar-refractivity contribution is 5.78. The number of oxazole rings is 1. The fourth-order valence-electron chi connectivity index (χ4n) is 4.28. The highest BCUT2D eigenvalue weighted by Crippen LogP contribution is 2.30. The second kappa shape index (κ2) is 7.78. The summed E-state index contributed by atoms with van der Waals surface area (Å²) in [6, 6.07) is 8.32. The summed E-state index contributed by atoms with van der Waals surface area (Å²) >= 11 is 0. The maximum absolute atomic E-state index is 12.3. The number of nitrogens with zero attached hydrogens (tertiary/aromatic N) is 2. The third kappa shape index (κ3) is 4.09. The van der Waals surface area contributed by atoms with Crippen molar-refractivity contribution in [3.63, 3.8) is 0 Å². The van der Waals surface area contributed by atoms with Crippen molar-refractivity contribution in [1.29, 1.82) is 0 Å². The number of hydrogen-bond acceptors (Lipinski definition) is 4. The molecule has 26 heavy (non-hydrogen) atoms. The van der Waals surface area contributed by atoms with Crippen LogP contribution in [0.25, 0.3) is 11.1 Å². The number of hydrogen-bond donors (Lipinski definition) is 1. The average molecular weight is 355 g/mol. The summed E-state index contributed by atoms with van der Waals surface area (Å²) in [6.45, 7) is 4.68. The molecule has 0 spiro atoms. The standard InChI is InChI=1S/C21H29N3O2/c1-15-6-8-17(9-7-15)22-20(25)14-24-12-10-16(11-13-24)21-23-18-4-2-3-5-19(18)26-21/h2-5,15-17H,6-14H2,1H3,(H,22,25). The summed E-state index contributed by atoms with van der Waals surface area (Å²) in [5, 5.41) is 3.24. The van der Waals surface area contributed by atoms with Crippen LogP contribution in [-0.4, -0.2) is 41.5 Å². The summed E-state index contributed by atoms with van der Waals surface area (Å²) in [5.74, 6) is 2.21. The lowest BCUT2D eigenvalue weighted by atomic mass is 9.87. The van der Waals surface area contributed by atoms with Crippen LogP contribution in [0.15, 0.2) is 28.7 Å². The summed E-state index contributed by atoms with van der Waals surface area (Å²) in [6.07, 6.45) is 6.74. The number of aromatic nitrogens is 1. The molecule has 1 aromatic carbocycles. The number of carbonyl (C=O) groups is 1. The zero-order chi connectivity index (χ0) is 17.9. The number of piperidine rings is 1. The van der Waals surface area contributed by atoms with Gasteiger partial charge in [-0.05, 0) is 69.7 Å². The summed E-state index contributed by atoms with van der Waals surface area (Å²) < 4.78 is 5.92. The Bertz CT molecular complexity index is 708. The molecule has 0 unspecified atom stereocenters. The lowest BCUT2D eigenvalue weighted by molar-refractivity contribution is -0.123. The van der Waals surface area contributed by atoms with E-state index in [-0.39, 0.29) is 5.91 Å². The van der Waals surface area contributed by atoms with Crippen molar-refractivity contribution in [2.45, 2.75) is 57.4 Å². The molecule has 5 heteroatoms. The van der Waals surface area contributed by atoms with Crippen molar-refractivity contribution in [2.75, 3.05) is 19.6 Å². The zero-order valence-electron chi connectivity index (χ0n) is 15.6. The second-order valence-corrected chi connectivity index (χ2v) is 8.09. The van der Waals surface area contributed by atoms with Crippen LogP contribution >= 0.6 is 0 Å². The van der Waals surface area contributed by atoms with E-state index in [0.29, 0.717) is 18.5 Å². The van der Waals surface area contributed by atoms with E-state index >= 15 is 0 Å². The van der Waals surface area contributed by atoms with Crippen LogP contribution in [0.1, 0.15) is 57.3 Å². The third-order valence-corrected chi connectivity index (χ3v) is 6.00. The van der Waals surface area contributed by atoms with E-state index in [1.807, 2.05) is 24.3 Å². The number of likely N-dealkylation sites (tertiary alicyclic amines) is 1. The van der Waals surface area contributed by atoms with Crippen LogP contribution in [0.2, 0.25) is 0 Å². The van der Waals surface area contributed by atoms with Crippen LogP contribution in [0.4, 0.5) is 0 Å². The molecule has 1 saturated heterocycles. The Labute approximate surface area is 155 Å². The molecule has 2 fully saturated rings. The van der Waals surface area contributed by atoms with Gasteiger partial charge in [-0.25, -0.2) is 4.98 Å². The van der Waals surface area contributed by atoms with Gasteiger partial charge < -0.3 is 9.73 Å². The summed E-state index contributed by atoms with van der Waals surface area (Å²) in [4.78, 5) is 19.3. The first kappa shape index (κ1) is 17.5. The number of benzene rings is 1. The third-order valence-electron chi connectivity index (χ3n) is 6.00. The Morgan fingerprint density at radius 3 is 2.62 bits per heavy atom. The van der Waals surface area contributed by atoms with E-state index in [2.05, 4.69) is 22.1 Å². The molecule has 1 N–H and O–H groups in total. The minimum Gasteiger partial charge on any atom is -0.440 e. The molecule has 0 radical (unpaired) electrons. The van der Waals surface area contributed by atoms with Gasteiger partial charge in [0.1, 0.15) is 5.52 Å². The van der Waals surface area contributed by atoms with E-state index in [1.54, 1.807) is 0 Å². The largest absolute Gasteiger partial charge is 0.440 e. The molecule has 5 nitrogen and oxygen atoms in total. The van der Waals surface area contributed by atoms with E-state index in [9.17, 15) is 4.79 Å². The van der Waals surface area contributed by atoms with Crippen LogP contribution in [0.5, 0.6) is 0 Å². The van der Waals surface area contributed by atoms with Gasteiger partial charge in [-0.2, -0.15) is 0 Å². The Hall–Kier alpha value is -1.88. The second-order valence-electron chi connectivity index (χ2n) is 8.09. The van der Waals surface area contributed by atoms with Crippen molar-refractivity contribution in [3.8, 4) is 0 Å². The van der Waals surface area contributed by atoms with Gasteiger partial charge in [0.2, 0.25) is 5.91 Å². The highest BCUT2D eigenvalue weighted by Gasteiger charge is 2.26. The summed E-state index contributed by atoms with van der Waals surface area (Å²) in [7, 11) is 0. The Morgan fingerprint density at radius 2 is 1.88 bits per heavy atom. The normalized spacial score (nSPS) is 25.4. The smallest absolute Gasteiger partial charge is 0.234 e. The molecule has 2 aromatic rings. The lowest BCUT2D eigenvalue weighted by Gasteiger charge is -2.31. The predicted octanol–water partition coefficient (Wildman–Crippen LogP) is 3.70. The van der Waals surface area contributed by atoms with E-state index < -0.39 is 0 Å². The Morgan fingerprint density at radius 1 is 1.15 bits per heavy atom. The van der Waals surface area contributed by atoms with Crippen molar-refractivity contribution in [2.24, 2.45) is 5.92 Å². The molecule has 1 amide bonds. The monoisotopic (exact) mass is 355 g/mol. The number of fused-ring (bicyclic) bond motifs is 1. The van der Waals surface area contributed by atoms with Gasteiger partial charge in [-0.3, -0.25) is 9.69 Å². The SMILES string of the molecule is CC1CCC(NC(=O)CN2CCC(c3nc4ccccc4o3)CC2)CC1. The molecule has 2 aliphatic rings. The van der Waals surface area contributed by atoms with Gasteiger partial charge in [0.05, 0.1) is 6.54 Å².